The van der Waals surface area contributed by atoms with Crippen LogP contribution in [0.2, 0.25) is 0 Å². The summed E-state index contributed by atoms with van der Waals surface area (Å²) in [6.07, 6.45) is -14.1. The Morgan fingerprint density at radius 3 is 1.99 bits per heavy atom. The number of hydrogen-bond acceptors (Lipinski definition) is 18. The molecule has 1 saturated heterocycles. The van der Waals surface area contributed by atoms with Crippen LogP contribution in [0.5, 0.6) is 0 Å². The van der Waals surface area contributed by atoms with Crippen LogP contribution in [0, 0.1) is 16.7 Å². The van der Waals surface area contributed by atoms with Crippen LogP contribution >= 0.6 is 0 Å². The maximum atomic E-state index is 16.1. The summed E-state index contributed by atoms with van der Waals surface area (Å²) in [6, 6.07) is 22.5. The number of aliphatic hydroxyl groups excluding tert-OH is 3. The average molecular weight is 986 g/mol. The van der Waals surface area contributed by atoms with Gasteiger partial charge >= 0.3 is 30.0 Å². The second kappa shape index (κ2) is 20.7. The Balaban J connectivity index is 1.40. The van der Waals surface area contributed by atoms with Gasteiger partial charge in [-0.1, -0.05) is 80.6 Å². The van der Waals surface area contributed by atoms with Crippen molar-refractivity contribution >= 4 is 41.7 Å². The molecule has 1 unspecified atom stereocenters. The lowest BCUT2D eigenvalue weighted by atomic mass is 9.44. The fourth-order valence-corrected chi connectivity index (χ4v) is 10.9. The second-order valence-corrected chi connectivity index (χ2v) is 19.2. The summed E-state index contributed by atoms with van der Waals surface area (Å²) in [5.74, 6) is -7.44. The van der Waals surface area contributed by atoms with Gasteiger partial charge in [0, 0.05) is 44.1 Å². The van der Waals surface area contributed by atoms with Crippen molar-refractivity contribution in [3.05, 3.63) is 119 Å². The second-order valence-electron chi connectivity index (χ2n) is 19.2. The van der Waals surface area contributed by atoms with Crippen molar-refractivity contribution in [2.45, 2.75) is 121 Å². The first-order chi connectivity index (χ1) is 33.6. The molecule has 1 aliphatic heterocycles. The summed E-state index contributed by atoms with van der Waals surface area (Å²) in [7, 11) is 0. The predicted octanol–water partition coefficient (Wildman–Crippen LogP) is 3.64. The number of carbonyl (C=O) groups excluding carboxylic acids is 7. The monoisotopic (exact) mass is 985 g/mol. The van der Waals surface area contributed by atoms with Crippen molar-refractivity contribution in [2.24, 2.45) is 16.7 Å². The minimum absolute atomic E-state index is 0.000318. The zero-order valence-corrected chi connectivity index (χ0v) is 40.1. The molecule has 71 heavy (non-hydrogen) atoms. The molecule has 4 aliphatic rings. The molecule has 3 fully saturated rings. The van der Waals surface area contributed by atoms with Crippen LogP contribution in [0.25, 0.3) is 0 Å². The van der Waals surface area contributed by atoms with Gasteiger partial charge in [-0.05, 0) is 54.8 Å². The van der Waals surface area contributed by atoms with Crippen LogP contribution in [0.15, 0.2) is 102 Å². The predicted molar refractivity (Wildman–Crippen MR) is 246 cm³/mol. The summed E-state index contributed by atoms with van der Waals surface area (Å²) in [4.78, 5) is 98.8. The van der Waals surface area contributed by atoms with E-state index >= 15 is 4.79 Å². The van der Waals surface area contributed by atoms with Gasteiger partial charge in [-0.3, -0.25) is 19.2 Å². The van der Waals surface area contributed by atoms with Gasteiger partial charge in [0.05, 0.1) is 48.9 Å². The van der Waals surface area contributed by atoms with E-state index in [0.29, 0.717) is 5.56 Å². The van der Waals surface area contributed by atoms with Crippen LogP contribution in [-0.4, -0.2) is 136 Å². The van der Waals surface area contributed by atoms with E-state index in [-0.39, 0.29) is 35.1 Å². The van der Waals surface area contributed by atoms with Gasteiger partial charge in [-0.25, -0.2) is 14.4 Å². The molecular formula is C52H59NO18. The molecule has 1 amide bonds. The number of amides is 1. The lowest BCUT2D eigenvalue weighted by Gasteiger charge is -2.67. The maximum absolute atomic E-state index is 16.1. The molecule has 0 spiro atoms. The summed E-state index contributed by atoms with van der Waals surface area (Å²) < 4.78 is 41.9. The molecule has 0 radical (unpaired) electrons. The smallest absolute Gasteiger partial charge is 0.456 e. The number of hydrogen-bond donors (Lipinski definition) is 5. The van der Waals surface area contributed by atoms with E-state index in [1.807, 2.05) is 0 Å². The van der Waals surface area contributed by atoms with Gasteiger partial charge in [0.2, 0.25) is 0 Å². The SMILES string of the molecule is CC(=O)O[C@H]1C(=O)[C@]2(C)[C@@H](OC(=O)OCCC(O)CO)C[C@H]3OC[C@@]3(OC(C)=O)[C@H]2[C@H](OC(=O)c2ccccc2)[C@]2(O)C[C@H](OC(=O)[C@H](O)[C@@H](NC(=O)c3ccccc3)c3ccccc3)C(C)=C1C2(C)C. The van der Waals surface area contributed by atoms with E-state index in [2.05, 4.69) is 5.32 Å². The van der Waals surface area contributed by atoms with E-state index in [1.165, 1.54) is 39.8 Å². The Morgan fingerprint density at radius 2 is 1.42 bits per heavy atom. The van der Waals surface area contributed by atoms with Crippen LogP contribution in [0.4, 0.5) is 4.79 Å². The molecule has 3 aromatic rings. The fraction of sp³-hybridized carbons (Fsp3) is 0.481. The summed E-state index contributed by atoms with van der Waals surface area (Å²) in [5.41, 5.74) is -7.92. The van der Waals surface area contributed by atoms with Crippen molar-refractivity contribution in [3.63, 3.8) is 0 Å². The van der Waals surface area contributed by atoms with Gasteiger partial charge in [0.15, 0.2) is 23.6 Å². The van der Waals surface area contributed by atoms with E-state index in [4.69, 9.17) is 33.2 Å². The van der Waals surface area contributed by atoms with Crippen LogP contribution in [0.1, 0.15) is 93.1 Å². The van der Waals surface area contributed by atoms with Gasteiger partial charge in [-0.2, -0.15) is 0 Å². The van der Waals surface area contributed by atoms with Crippen molar-refractivity contribution in [1.29, 1.82) is 0 Å². The molecule has 7 rings (SSSR count). The lowest BCUT2D eigenvalue weighted by Crippen LogP contribution is -2.82. The molecule has 19 heteroatoms. The Hall–Kier alpha value is -6.51. The Morgan fingerprint density at radius 1 is 0.817 bits per heavy atom. The Bertz CT molecular complexity index is 2530. The van der Waals surface area contributed by atoms with E-state index in [1.54, 1.807) is 78.9 Å². The third kappa shape index (κ3) is 9.80. The highest BCUT2D eigenvalue weighted by molar-refractivity contribution is 5.96. The maximum Gasteiger partial charge on any atom is 0.508 e. The average Bonchev–Trinajstić information content (AvgIpc) is 3.33. The number of ether oxygens (including phenoxy) is 7. The largest absolute Gasteiger partial charge is 0.508 e. The van der Waals surface area contributed by atoms with E-state index < -0.39 is 145 Å². The number of carbonyl (C=O) groups is 7. The van der Waals surface area contributed by atoms with Crippen LogP contribution < -0.4 is 5.32 Å². The van der Waals surface area contributed by atoms with E-state index in [0.717, 1.165) is 13.8 Å². The van der Waals surface area contributed by atoms with Crippen molar-refractivity contribution in [3.8, 4) is 0 Å². The molecule has 12 atom stereocenters. The Kier molecular flexibility index (Phi) is 15.2. The van der Waals surface area contributed by atoms with Crippen LogP contribution in [-0.2, 0) is 52.3 Å². The number of nitrogens with one attached hydrogen (secondary N) is 1. The highest BCUT2D eigenvalue weighted by Gasteiger charge is 2.79. The highest BCUT2D eigenvalue weighted by atomic mass is 16.7. The third-order valence-electron chi connectivity index (χ3n) is 14.6. The zero-order valence-electron chi connectivity index (χ0n) is 40.1. The van der Waals surface area contributed by atoms with Crippen LogP contribution in [0.3, 0.4) is 0 Å². The number of rotatable bonds is 15. The Labute approximate surface area is 409 Å². The normalized spacial score (nSPS) is 29.6. The first-order valence-corrected chi connectivity index (χ1v) is 23.2. The molecular weight excluding hydrogens is 927 g/mol. The minimum atomic E-state index is -2.52. The van der Waals surface area contributed by atoms with Crippen molar-refractivity contribution in [1.82, 2.24) is 5.32 Å². The molecule has 2 saturated carbocycles. The third-order valence-corrected chi connectivity index (χ3v) is 14.6. The quantitative estimate of drug-likeness (QED) is 0.0826. The van der Waals surface area contributed by atoms with Crippen molar-refractivity contribution < 1.29 is 87.1 Å². The minimum Gasteiger partial charge on any atom is -0.456 e. The molecule has 1 heterocycles. The molecule has 3 aliphatic carbocycles. The fourth-order valence-electron chi connectivity index (χ4n) is 10.9. The number of ketones is 1. The molecule has 5 N–H and O–H groups in total. The number of aliphatic hydroxyl groups is 4. The van der Waals surface area contributed by atoms with Gasteiger partial charge in [0.25, 0.3) is 5.91 Å². The molecule has 0 aromatic heterocycles. The number of fused-ring (bicyclic) bond motifs is 5. The van der Waals surface area contributed by atoms with E-state index in [9.17, 15) is 49.2 Å². The first-order valence-electron chi connectivity index (χ1n) is 23.2. The van der Waals surface area contributed by atoms with Gasteiger partial charge in [-0.15, -0.1) is 0 Å². The standard InChI is InChI=1S/C52H59NO18/c1-28-35(68-47(62)40(58)39(31-16-10-7-11-17-31)53-45(60)32-18-12-8-13-19-32)25-52(64)44(70-46(61)33-20-14-9-15-21-33)42-50(6,43(59)41(67-29(2)55)38(28)49(52,4)5)36(69-48(63)65-23-22-34(57)26-54)24-37-51(42,27-66-37)71-30(3)56/h7-21,34-37,39-42,44,54,57-58,64H,22-27H2,1-6H3,(H,53,60)/t34?,35-,36-,37+,39-,40+,41+,42-,44-,50+,51-,52+/m0/s1. The number of benzene rings is 3. The lowest BCUT2D eigenvalue weighted by molar-refractivity contribution is -0.346. The summed E-state index contributed by atoms with van der Waals surface area (Å²) in [5, 5.41) is 47.8. The van der Waals surface area contributed by atoms with Gasteiger partial charge in [0.1, 0.15) is 30.0 Å². The summed E-state index contributed by atoms with van der Waals surface area (Å²) in [6.45, 7) is 6.54. The number of esters is 4. The van der Waals surface area contributed by atoms with Gasteiger partial charge < -0.3 is 58.9 Å². The molecule has 19 nitrogen and oxygen atoms in total. The van der Waals surface area contributed by atoms with Crippen molar-refractivity contribution in [2.75, 3.05) is 19.8 Å². The highest BCUT2D eigenvalue weighted by Crippen LogP contribution is 2.65. The summed E-state index contributed by atoms with van der Waals surface area (Å²) >= 11 is 0. The first kappa shape index (κ1) is 52.3. The molecule has 3 aromatic carbocycles. The molecule has 380 valence electrons. The zero-order chi connectivity index (χ0) is 51.6. The topological polar surface area (TPSA) is 277 Å². The number of Topliss-reactive ketones (excluding diaryl/α,β-unsaturated/α-hetero) is 1. The molecule has 2 bridgehead atoms.